The van der Waals surface area contributed by atoms with Crippen LogP contribution in [0.15, 0.2) is 97.1 Å². The van der Waals surface area contributed by atoms with E-state index in [1.165, 1.54) is 0 Å². The fourth-order valence-electron chi connectivity index (χ4n) is 7.85. The lowest BCUT2D eigenvalue weighted by Crippen LogP contribution is -2.58. The molecular formula is C36H37N3O4S. The second-order valence-corrected chi connectivity index (χ2v) is 14.6. The quantitative estimate of drug-likeness (QED) is 0.411. The van der Waals surface area contributed by atoms with Gasteiger partial charge in [0.25, 0.3) is 5.91 Å². The van der Waals surface area contributed by atoms with Crippen LogP contribution < -0.4 is 9.80 Å². The Kier molecular flexibility index (Phi) is 6.98. The van der Waals surface area contributed by atoms with Gasteiger partial charge in [-0.05, 0) is 47.9 Å². The molecule has 1 spiro atoms. The highest BCUT2D eigenvalue weighted by Gasteiger charge is 2.74. The van der Waals surface area contributed by atoms with E-state index >= 15 is 0 Å². The standard InChI is InChI=1S/C36H37N3O4S/c1-23(2)28(22-40)39-31-34(43)38(27-16-15-24-11-7-8-12-25(24)21-27)20-10-18-36(31)30(33(39)42)29-32(41)37(26-13-5-4-6-14-26)19-9-17-35(29,3)44-36/h4-18,21,23,28-31,40H,19-20,22H2,1-3H3/t28-,29+,30-,31?,35-,36-/m0/s1. The molecule has 1 N–H and O–H groups in total. The van der Waals surface area contributed by atoms with Crippen molar-refractivity contribution in [2.24, 2.45) is 17.8 Å². The first-order valence-electron chi connectivity index (χ1n) is 15.4. The van der Waals surface area contributed by atoms with Gasteiger partial charge in [-0.25, -0.2) is 0 Å². The number of amides is 3. The number of fused-ring (bicyclic) bond motifs is 3. The fraction of sp³-hybridized carbons (Fsp3) is 0.361. The van der Waals surface area contributed by atoms with E-state index in [1.807, 2.05) is 112 Å². The molecular weight excluding hydrogens is 570 g/mol. The number of aliphatic hydroxyl groups excluding tert-OH is 1. The van der Waals surface area contributed by atoms with Crippen molar-refractivity contribution in [1.29, 1.82) is 0 Å². The summed E-state index contributed by atoms with van der Waals surface area (Å²) in [6.07, 6.45) is 8.11. The van der Waals surface area contributed by atoms with Crippen LogP contribution in [0.1, 0.15) is 20.8 Å². The molecule has 0 bridgehead atoms. The van der Waals surface area contributed by atoms with Crippen LogP contribution in [0.2, 0.25) is 0 Å². The highest BCUT2D eigenvalue weighted by Crippen LogP contribution is 2.66. The molecule has 0 aromatic heterocycles. The van der Waals surface area contributed by atoms with Gasteiger partial charge in [-0.15, -0.1) is 11.8 Å². The van der Waals surface area contributed by atoms with Crippen molar-refractivity contribution >= 4 is 51.6 Å². The Morgan fingerprint density at radius 2 is 1.45 bits per heavy atom. The molecule has 4 aliphatic rings. The summed E-state index contributed by atoms with van der Waals surface area (Å²) in [6, 6.07) is 22.1. The van der Waals surface area contributed by atoms with Crippen LogP contribution in [0.3, 0.4) is 0 Å². The molecule has 3 amide bonds. The molecule has 3 aromatic rings. The molecule has 226 valence electrons. The first-order chi connectivity index (χ1) is 21.2. The second-order valence-electron chi connectivity index (χ2n) is 12.8. The molecule has 4 heterocycles. The van der Waals surface area contributed by atoms with Crippen molar-refractivity contribution in [3.63, 3.8) is 0 Å². The van der Waals surface area contributed by atoms with Crippen LogP contribution in [0.4, 0.5) is 11.4 Å². The lowest BCUT2D eigenvalue weighted by atomic mass is 9.74. The summed E-state index contributed by atoms with van der Waals surface area (Å²) in [5, 5.41) is 12.7. The van der Waals surface area contributed by atoms with Crippen LogP contribution >= 0.6 is 11.8 Å². The van der Waals surface area contributed by atoms with Gasteiger partial charge in [0.05, 0.1) is 29.2 Å². The maximum Gasteiger partial charge on any atom is 0.251 e. The molecule has 1 unspecified atom stereocenters. The van der Waals surface area contributed by atoms with E-state index in [2.05, 4.69) is 6.08 Å². The summed E-state index contributed by atoms with van der Waals surface area (Å²) in [6.45, 7) is 6.43. The van der Waals surface area contributed by atoms with E-state index in [1.54, 1.807) is 26.5 Å². The maximum atomic E-state index is 14.9. The summed E-state index contributed by atoms with van der Waals surface area (Å²) >= 11 is 1.56. The van der Waals surface area contributed by atoms with Gasteiger partial charge in [0, 0.05) is 29.2 Å². The molecule has 44 heavy (non-hydrogen) atoms. The van der Waals surface area contributed by atoms with E-state index in [4.69, 9.17) is 0 Å². The molecule has 3 aromatic carbocycles. The Bertz CT molecular complexity index is 1710. The van der Waals surface area contributed by atoms with Gasteiger partial charge in [0.2, 0.25) is 11.8 Å². The first-order valence-corrected chi connectivity index (χ1v) is 16.2. The number of benzene rings is 3. The topological polar surface area (TPSA) is 81.2 Å². The van der Waals surface area contributed by atoms with Crippen LogP contribution in [0.25, 0.3) is 10.8 Å². The number of hydrogen-bond donors (Lipinski definition) is 1. The van der Waals surface area contributed by atoms with Gasteiger partial charge in [0.15, 0.2) is 0 Å². The Balaban J connectivity index is 1.37. The van der Waals surface area contributed by atoms with E-state index in [-0.39, 0.29) is 30.2 Å². The molecule has 2 saturated heterocycles. The molecule has 2 fully saturated rings. The minimum Gasteiger partial charge on any atom is -0.394 e. The van der Waals surface area contributed by atoms with E-state index < -0.39 is 33.4 Å². The van der Waals surface area contributed by atoms with Crippen LogP contribution in [0.5, 0.6) is 0 Å². The Morgan fingerprint density at radius 3 is 2.16 bits per heavy atom. The Labute approximate surface area is 262 Å². The maximum absolute atomic E-state index is 14.9. The summed E-state index contributed by atoms with van der Waals surface area (Å²) in [4.78, 5) is 49.5. The van der Waals surface area contributed by atoms with Gasteiger partial charge in [-0.3, -0.25) is 14.4 Å². The van der Waals surface area contributed by atoms with Crippen molar-refractivity contribution < 1.29 is 19.5 Å². The normalized spacial score (nSPS) is 30.4. The lowest BCUT2D eigenvalue weighted by Gasteiger charge is -2.41. The number of rotatable bonds is 5. The third-order valence-electron chi connectivity index (χ3n) is 9.92. The van der Waals surface area contributed by atoms with E-state index in [0.29, 0.717) is 13.1 Å². The van der Waals surface area contributed by atoms with Crippen molar-refractivity contribution in [2.75, 3.05) is 29.5 Å². The van der Waals surface area contributed by atoms with Gasteiger partial charge < -0.3 is 19.8 Å². The first kappa shape index (κ1) is 28.9. The zero-order chi connectivity index (χ0) is 30.8. The summed E-state index contributed by atoms with van der Waals surface area (Å²) < 4.78 is -1.69. The highest BCUT2D eigenvalue weighted by atomic mass is 32.2. The SMILES string of the molecule is CC(C)[C@H](CO)N1C(=O)[C@@H]2[C@@H]3C(=O)N(c4ccccc4)CC=C[C@]3(C)S[C@@]23C=CCN(c2ccc4ccccc4c2)C(=O)C13. The monoisotopic (exact) mass is 607 g/mol. The fourth-order valence-corrected chi connectivity index (χ4v) is 10.00. The number of nitrogens with zero attached hydrogens (tertiary/aromatic N) is 3. The van der Waals surface area contributed by atoms with Crippen LogP contribution in [-0.2, 0) is 14.4 Å². The second kappa shape index (κ2) is 10.6. The number of anilines is 2. The smallest absolute Gasteiger partial charge is 0.251 e. The Hall–Kier alpha value is -3.88. The molecule has 7 rings (SSSR count). The van der Waals surface area contributed by atoms with E-state index in [0.717, 1.165) is 22.1 Å². The predicted molar refractivity (Wildman–Crippen MR) is 175 cm³/mol. The number of aliphatic hydroxyl groups is 1. The number of thioether (sulfide) groups is 1. The lowest BCUT2D eigenvalue weighted by molar-refractivity contribution is -0.143. The molecule has 0 saturated carbocycles. The zero-order valence-corrected chi connectivity index (χ0v) is 26.0. The van der Waals surface area contributed by atoms with Gasteiger partial charge in [-0.1, -0.05) is 86.7 Å². The number of hydrogen-bond acceptors (Lipinski definition) is 5. The highest BCUT2D eigenvalue weighted by molar-refractivity contribution is 8.02. The minimum absolute atomic E-state index is 0.101. The van der Waals surface area contributed by atoms with Crippen LogP contribution in [0, 0.1) is 17.8 Å². The number of likely N-dealkylation sites (tertiary alicyclic amines) is 1. The molecule has 4 aliphatic heterocycles. The average Bonchev–Trinajstić information content (AvgIpc) is 3.28. The zero-order valence-electron chi connectivity index (χ0n) is 25.2. The number of carbonyl (C=O) groups is 3. The van der Waals surface area contributed by atoms with Crippen molar-refractivity contribution in [1.82, 2.24) is 4.90 Å². The molecule has 0 aliphatic carbocycles. The third kappa shape index (κ3) is 4.18. The molecule has 6 atom stereocenters. The minimum atomic E-state index is -0.985. The van der Waals surface area contributed by atoms with Crippen LogP contribution in [-0.4, -0.2) is 69.0 Å². The summed E-state index contributed by atoms with van der Waals surface area (Å²) in [5.74, 6) is -2.11. The van der Waals surface area contributed by atoms with Gasteiger partial charge in [0.1, 0.15) is 6.04 Å². The van der Waals surface area contributed by atoms with Crippen molar-refractivity contribution in [3.8, 4) is 0 Å². The number of carbonyl (C=O) groups excluding carboxylic acids is 3. The molecule has 7 nitrogen and oxygen atoms in total. The van der Waals surface area contributed by atoms with Gasteiger partial charge >= 0.3 is 0 Å². The summed E-state index contributed by atoms with van der Waals surface area (Å²) in [5.41, 5.74) is 1.53. The summed E-state index contributed by atoms with van der Waals surface area (Å²) in [7, 11) is 0. The average molecular weight is 608 g/mol. The predicted octanol–water partition coefficient (Wildman–Crippen LogP) is 5.05. The third-order valence-corrected chi connectivity index (χ3v) is 11.7. The van der Waals surface area contributed by atoms with Gasteiger partial charge in [-0.2, -0.15) is 0 Å². The van der Waals surface area contributed by atoms with Crippen molar-refractivity contribution in [2.45, 2.75) is 42.3 Å². The van der Waals surface area contributed by atoms with Crippen molar-refractivity contribution in [3.05, 3.63) is 97.1 Å². The Morgan fingerprint density at radius 1 is 0.795 bits per heavy atom. The number of para-hydroxylation sites is 1. The molecule has 8 heteroatoms. The van der Waals surface area contributed by atoms with E-state index in [9.17, 15) is 19.5 Å². The molecule has 0 radical (unpaired) electrons. The largest absolute Gasteiger partial charge is 0.394 e.